The average molecular weight is 452 g/mol. The van der Waals surface area contributed by atoms with Crippen molar-refractivity contribution in [3.8, 4) is 0 Å². The average Bonchev–Trinajstić information content (AvgIpc) is 3.34. The first-order valence-electron chi connectivity index (χ1n) is 9.52. The van der Waals surface area contributed by atoms with Crippen molar-refractivity contribution in [2.75, 3.05) is 0 Å². The van der Waals surface area contributed by atoms with E-state index < -0.39 is 23.8 Å². The van der Waals surface area contributed by atoms with Gasteiger partial charge in [-0.25, -0.2) is 19.3 Å². The van der Waals surface area contributed by atoms with Gasteiger partial charge in [-0.1, -0.05) is 23.5 Å². The molecule has 0 aliphatic heterocycles. The maximum absolute atomic E-state index is 12.7. The Kier molecular flexibility index (Phi) is 4.51. The van der Waals surface area contributed by atoms with E-state index in [1.165, 1.54) is 44.3 Å². The number of carbonyl (C=O) groups is 1. The summed E-state index contributed by atoms with van der Waals surface area (Å²) in [4.78, 5) is 59.1. The Labute approximate surface area is 182 Å². The van der Waals surface area contributed by atoms with Crippen molar-refractivity contribution in [1.82, 2.24) is 28.1 Å². The van der Waals surface area contributed by atoms with E-state index in [-0.39, 0.29) is 29.0 Å². The van der Waals surface area contributed by atoms with Gasteiger partial charge in [0, 0.05) is 20.2 Å². The summed E-state index contributed by atoms with van der Waals surface area (Å²) in [5.41, 5.74) is -0.139. The van der Waals surface area contributed by atoms with Gasteiger partial charge in [0.25, 0.3) is 11.1 Å². The SMILES string of the molecule is Cn1cnc2c1c(=O)n(CC(=O)OCc1cc(=O)n3c(n1)sc1ccccc13)c(=O)n2C. The van der Waals surface area contributed by atoms with Crippen LogP contribution in [0, 0.1) is 0 Å². The minimum absolute atomic E-state index is 0.199. The van der Waals surface area contributed by atoms with Crippen LogP contribution in [0.25, 0.3) is 26.3 Å². The molecule has 0 N–H and O–H groups in total. The van der Waals surface area contributed by atoms with Crippen LogP contribution in [0.5, 0.6) is 0 Å². The molecule has 0 atom stereocenters. The largest absolute Gasteiger partial charge is 0.458 e. The predicted octanol–water partition coefficient (Wildman–Crippen LogP) is 0.400. The molecule has 1 aromatic carbocycles. The van der Waals surface area contributed by atoms with E-state index in [0.717, 1.165) is 14.8 Å². The first-order chi connectivity index (χ1) is 15.3. The molecule has 11 nitrogen and oxygen atoms in total. The molecule has 0 bridgehead atoms. The van der Waals surface area contributed by atoms with Gasteiger partial charge in [0.15, 0.2) is 16.1 Å². The van der Waals surface area contributed by atoms with Crippen LogP contribution in [0.15, 0.2) is 51.0 Å². The van der Waals surface area contributed by atoms with Gasteiger partial charge in [0.2, 0.25) is 0 Å². The number of hydrogen-bond acceptors (Lipinski definition) is 8. The zero-order chi connectivity index (χ0) is 22.6. The Bertz CT molecular complexity index is 1720. The minimum Gasteiger partial charge on any atom is -0.458 e. The van der Waals surface area contributed by atoms with Crippen LogP contribution in [-0.4, -0.2) is 34.0 Å². The lowest BCUT2D eigenvalue weighted by Crippen LogP contribution is -2.41. The Morgan fingerprint density at radius 3 is 2.75 bits per heavy atom. The fourth-order valence-corrected chi connectivity index (χ4v) is 4.61. The van der Waals surface area contributed by atoms with E-state index in [1.807, 2.05) is 24.3 Å². The van der Waals surface area contributed by atoms with Gasteiger partial charge in [-0.3, -0.25) is 23.4 Å². The highest BCUT2D eigenvalue weighted by molar-refractivity contribution is 7.23. The molecule has 5 rings (SSSR count). The summed E-state index contributed by atoms with van der Waals surface area (Å²) in [6, 6.07) is 8.74. The number of hydrogen-bond donors (Lipinski definition) is 0. The lowest BCUT2D eigenvalue weighted by atomic mass is 10.3. The number of aryl methyl sites for hydroxylation is 2. The highest BCUT2D eigenvalue weighted by Gasteiger charge is 2.18. The maximum atomic E-state index is 12.7. The van der Waals surface area contributed by atoms with Crippen LogP contribution in [-0.2, 0) is 36.8 Å². The van der Waals surface area contributed by atoms with Crippen molar-refractivity contribution in [2.45, 2.75) is 13.2 Å². The molecular formula is C20H16N6O5S. The van der Waals surface area contributed by atoms with E-state index in [2.05, 4.69) is 9.97 Å². The first kappa shape index (κ1) is 19.9. The zero-order valence-electron chi connectivity index (χ0n) is 17.0. The Hall–Kier alpha value is -4.06. The van der Waals surface area contributed by atoms with Crippen LogP contribution < -0.4 is 16.8 Å². The molecule has 5 aromatic rings. The van der Waals surface area contributed by atoms with Gasteiger partial charge in [0.1, 0.15) is 13.2 Å². The Morgan fingerprint density at radius 1 is 1.16 bits per heavy atom. The Morgan fingerprint density at radius 2 is 1.94 bits per heavy atom. The van der Waals surface area contributed by atoms with Gasteiger partial charge in [-0.15, -0.1) is 0 Å². The molecule has 4 aromatic heterocycles. The second kappa shape index (κ2) is 7.27. The van der Waals surface area contributed by atoms with Crippen LogP contribution in [0.2, 0.25) is 0 Å². The number of imidazole rings is 1. The molecule has 162 valence electrons. The lowest BCUT2D eigenvalue weighted by Gasteiger charge is -2.09. The number of thiazole rings is 1. The molecule has 0 amide bonds. The molecule has 32 heavy (non-hydrogen) atoms. The van der Waals surface area contributed by atoms with Gasteiger partial charge in [-0.2, -0.15) is 0 Å². The molecule has 0 unspecified atom stereocenters. The second-order valence-electron chi connectivity index (χ2n) is 7.19. The monoisotopic (exact) mass is 452 g/mol. The molecule has 0 aliphatic rings. The van der Waals surface area contributed by atoms with Crippen LogP contribution >= 0.6 is 11.3 Å². The molecule has 0 spiro atoms. The van der Waals surface area contributed by atoms with Crippen molar-refractivity contribution in [2.24, 2.45) is 14.1 Å². The molecule has 0 aliphatic carbocycles. The quantitative estimate of drug-likeness (QED) is 0.362. The van der Waals surface area contributed by atoms with Gasteiger partial charge >= 0.3 is 11.7 Å². The standard InChI is InChI=1S/C20H16N6O5S/c1-23-10-21-17-16(23)18(29)25(20(30)24(17)2)8-15(28)31-9-11-7-14(27)26-12-5-3-4-6-13(12)32-19(26)22-11/h3-7,10H,8-9H2,1-2H3. The van der Waals surface area contributed by atoms with Crippen molar-refractivity contribution in [1.29, 1.82) is 0 Å². The number of rotatable bonds is 4. The summed E-state index contributed by atoms with van der Waals surface area (Å²) in [6.45, 7) is -0.835. The van der Waals surface area contributed by atoms with Gasteiger partial charge in [-0.05, 0) is 12.1 Å². The fraction of sp³-hybridized carbons (Fsp3) is 0.200. The molecular weight excluding hydrogens is 436 g/mol. The van der Waals surface area contributed by atoms with Crippen LogP contribution in [0.1, 0.15) is 5.69 Å². The van der Waals surface area contributed by atoms with E-state index in [1.54, 1.807) is 7.05 Å². The molecule has 0 saturated carbocycles. The number of nitrogens with zero attached hydrogens (tertiary/aromatic N) is 6. The summed E-state index contributed by atoms with van der Waals surface area (Å²) in [6.07, 6.45) is 1.42. The smallest absolute Gasteiger partial charge is 0.333 e. The van der Waals surface area contributed by atoms with E-state index in [9.17, 15) is 19.2 Å². The summed E-state index contributed by atoms with van der Waals surface area (Å²) in [7, 11) is 3.09. The zero-order valence-corrected chi connectivity index (χ0v) is 17.8. The summed E-state index contributed by atoms with van der Waals surface area (Å²) in [5, 5.41) is 0. The summed E-state index contributed by atoms with van der Waals surface area (Å²) >= 11 is 1.35. The van der Waals surface area contributed by atoms with E-state index in [4.69, 9.17) is 4.74 Å². The number of esters is 1. The van der Waals surface area contributed by atoms with Crippen LogP contribution in [0.3, 0.4) is 0 Å². The lowest BCUT2D eigenvalue weighted by molar-refractivity contribution is -0.145. The first-order valence-corrected chi connectivity index (χ1v) is 10.3. The van der Waals surface area contributed by atoms with Gasteiger partial charge in [0.05, 0.1) is 22.2 Å². The second-order valence-corrected chi connectivity index (χ2v) is 8.20. The number of fused-ring (bicyclic) bond motifs is 4. The third kappa shape index (κ3) is 3.03. The third-order valence-electron chi connectivity index (χ3n) is 5.12. The molecule has 0 fully saturated rings. The van der Waals surface area contributed by atoms with Crippen molar-refractivity contribution < 1.29 is 9.53 Å². The van der Waals surface area contributed by atoms with E-state index >= 15 is 0 Å². The van der Waals surface area contributed by atoms with Crippen molar-refractivity contribution in [3.63, 3.8) is 0 Å². The normalized spacial score (nSPS) is 11.6. The van der Waals surface area contributed by atoms with Crippen molar-refractivity contribution in [3.05, 3.63) is 73.5 Å². The number of carbonyl (C=O) groups excluding carboxylic acids is 1. The predicted molar refractivity (Wildman–Crippen MR) is 117 cm³/mol. The summed E-state index contributed by atoms with van der Waals surface area (Å²) in [5.74, 6) is -0.802. The number of para-hydroxylation sites is 1. The number of benzene rings is 1. The maximum Gasteiger partial charge on any atom is 0.333 e. The molecule has 4 heterocycles. The number of aromatic nitrogens is 6. The number of ether oxygens (including phenoxy) is 1. The topological polar surface area (TPSA) is 122 Å². The summed E-state index contributed by atoms with van der Waals surface area (Å²) < 4.78 is 11.1. The van der Waals surface area contributed by atoms with E-state index in [0.29, 0.717) is 4.96 Å². The fourth-order valence-electron chi connectivity index (χ4n) is 3.56. The molecule has 12 heteroatoms. The molecule has 0 saturated heterocycles. The highest BCUT2D eigenvalue weighted by Crippen LogP contribution is 2.23. The third-order valence-corrected chi connectivity index (χ3v) is 6.14. The van der Waals surface area contributed by atoms with Crippen molar-refractivity contribution >= 4 is 43.6 Å². The van der Waals surface area contributed by atoms with Crippen LogP contribution in [0.4, 0.5) is 0 Å². The highest BCUT2D eigenvalue weighted by atomic mass is 32.1. The Balaban J connectivity index is 1.41. The minimum atomic E-state index is -0.802. The molecule has 0 radical (unpaired) electrons. The van der Waals surface area contributed by atoms with Gasteiger partial charge < -0.3 is 9.30 Å².